The summed E-state index contributed by atoms with van der Waals surface area (Å²) in [6, 6.07) is 6.04. The molecule has 2 unspecified atom stereocenters. The molecule has 0 bridgehead atoms. The number of esters is 1. The normalized spacial score (nSPS) is 22.4. The molecule has 0 radical (unpaired) electrons. The second-order valence-electron chi connectivity index (χ2n) is 5.06. The number of hydrogen-bond acceptors (Lipinski definition) is 3. The van der Waals surface area contributed by atoms with Crippen molar-refractivity contribution in [3.63, 3.8) is 0 Å². The summed E-state index contributed by atoms with van der Waals surface area (Å²) in [6.07, 6.45) is 3.85. The van der Waals surface area contributed by atoms with E-state index in [1.807, 2.05) is 25.1 Å². The van der Waals surface area contributed by atoms with Crippen LogP contribution in [0.1, 0.15) is 32.6 Å². The molecule has 0 saturated heterocycles. The number of carbonyl (C=O) groups is 1. The quantitative estimate of drug-likeness (QED) is 0.795. The average molecular weight is 361 g/mol. The SMILES string of the molecule is CCOC(=O)C1CCCC(Nc2cccc(Cl)c2Br)C1. The lowest BCUT2D eigenvalue weighted by molar-refractivity contribution is -0.149. The van der Waals surface area contributed by atoms with Crippen LogP contribution in [0.15, 0.2) is 22.7 Å². The summed E-state index contributed by atoms with van der Waals surface area (Å²) in [7, 11) is 0. The van der Waals surface area contributed by atoms with Crippen LogP contribution >= 0.6 is 27.5 Å². The fourth-order valence-electron chi connectivity index (χ4n) is 2.63. The minimum atomic E-state index is -0.0656. The van der Waals surface area contributed by atoms with Gasteiger partial charge in [-0.3, -0.25) is 4.79 Å². The van der Waals surface area contributed by atoms with Gasteiger partial charge in [-0.05, 0) is 54.2 Å². The van der Waals surface area contributed by atoms with E-state index >= 15 is 0 Å². The zero-order valence-electron chi connectivity index (χ0n) is 11.5. The number of ether oxygens (including phenoxy) is 1. The third-order valence-electron chi connectivity index (χ3n) is 3.61. The van der Waals surface area contributed by atoms with Gasteiger partial charge in [-0.25, -0.2) is 0 Å². The van der Waals surface area contributed by atoms with Crippen molar-refractivity contribution in [3.8, 4) is 0 Å². The van der Waals surface area contributed by atoms with Gasteiger partial charge >= 0.3 is 5.97 Å². The Labute approximate surface area is 133 Å². The lowest BCUT2D eigenvalue weighted by Gasteiger charge is -2.29. The summed E-state index contributed by atoms with van der Waals surface area (Å²) in [5, 5.41) is 4.17. The van der Waals surface area contributed by atoms with E-state index in [1.165, 1.54) is 0 Å². The van der Waals surface area contributed by atoms with Gasteiger partial charge < -0.3 is 10.1 Å². The Balaban J connectivity index is 1.99. The molecule has 110 valence electrons. The van der Waals surface area contributed by atoms with E-state index in [9.17, 15) is 4.79 Å². The Morgan fingerprint density at radius 1 is 1.50 bits per heavy atom. The molecular weight excluding hydrogens is 342 g/mol. The van der Waals surface area contributed by atoms with Crippen LogP contribution in [0.5, 0.6) is 0 Å². The zero-order chi connectivity index (χ0) is 14.5. The number of anilines is 1. The van der Waals surface area contributed by atoms with Gasteiger partial charge in [0, 0.05) is 6.04 Å². The summed E-state index contributed by atoms with van der Waals surface area (Å²) in [5.74, 6) is -0.0525. The van der Waals surface area contributed by atoms with Crippen molar-refractivity contribution >= 4 is 39.2 Å². The summed E-state index contributed by atoms with van der Waals surface area (Å²) < 4.78 is 6.00. The molecule has 0 spiro atoms. The predicted octanol–water partition coefficient (Wildman–Crippen LogP) is 4.64. The van der Waals surface area contributed by atoms with E-state index in [4.69, 9.17) is 16.3 Å². The summed E-state index contributed by atoms with van der Waals surface area (Å²) >= 11 is 9.58. The Kier molecular flexibility index (Phi) is 5.73. The molecule has 1 fully saturated rings. The van der Waals surface area contributed by atoms with Gasteiger partial charge in [0.1, 0.15) is 0 Å². The van der Waals surface area contributed by atoms with Crippen LogP contribution < -0.4 is 5.32 Å². The molecule has 2 atom stereocenters. The Bertz CT molecular complexity index is 481. The second-order valence-corrected chi connectivity index (χ2v) is 6.26. The zero-order valence-corrected chi connectivity index (χ0v) is 13.8. The Hall–Kier alpha value is -0.740. The molecule has 0 amide bonds. The molecule has 1 aromatic rings. The molecular formula is C15H19BrClNO2. The monoisotopic (exact) mass is 359 g/mol. The predicted molar refractivity (Wildman–Crippen MR) is 85.2 cm³/mol. The number of carbonyl (C=O) groups excluding carboxylic acids is 1. The lowest BCUT2D eigenvalue weighted by atomic mass is 9.85. The largest absolute Gasteiger partial charge is 0.466 e. The van der Waals surface area contributed by atoms with Crippen LogP contribution in [0.4, 0.5) is 5.69 Å². The van der Waals surface area contributed by atoms with E-state index < -0.39 is 0 Å². The van der Waals surface area contributed by atoms with Gasteiger partial charge in [0.25, 0.3) is 0 Å². The number of benzene rings is 1. The first-order valence-corrected chi connectivity index (χ1v) is 8.16. The third-order valence-corrected chi connectivity index (χ3v) is 5.00. The van der Waals surface area contributed by atoms with Crippen LogP contribution in [0, 0.1) is 5.92 Å². The van der Waals surface area contributed by atoms with Gasteiger partial charge in [-0.1, -0.05) is 24.1 Å². The number of hydrogen-bond donors (Lipinski definition) is 1. The molecule has 0 aromatic heterocycles. The van der Waals surface area contributed by atoms with Crippen molar-refractivity contribution in [2.45, 2.75) is 38.6 Å². The maximum atomic E-state index is 11.8. The standard InChI is InChI=1S/C15H19BrClNO2/c1-2-20-15(19)10-5-3-6-11(9-10)18-13-8-4-7-12(17)14(13)16/h4,7-8,10-11,18H,2-3,5-6,9H2,1H3. The van der Waals surface area contributed by atoms with Crippen molar-refractivity contribution in [1.29, 1.82) is 0 Å². The molecule has 1 N–H and O–H groups in total. The lowest BCUT2D eigenvalue weighted by Crippen LogP contribution is -2.32. The van der Waals surface area contributed by atoms with Crippen molar-refractivity contribution < 1.29 is 9.53 Å². The van der Waals surface area contributed by atoms with Crippen LogP contribution in [0.25, 0.3) is 0 Å². The third kappa shape index (κ3) is 3.89. The number of rotatable bonds is 4. The van der Waals surface area contributed by atoms with E-state index in [0.717, 1.165) is 35.8 Å². The van der Waals surface area contributed by atoms with Gasteiger partial charge in [0.15, 0.2) is 0 Å². The average Bonchev–Trinajstić information content (AvgIpc) is 2.44. The number of nitrogens with one attached hydrogen (secondary N) is 1. The first kappa shape index (κ1) is 15.6. The molecule has 0 aliphatic heterocycles. The van der Waals surface area contributed by atoms with E-state index in [2.05, 4.69) is 21.2 Å². The maximum Gasteiger partial charge on any atom is 0.308 e. The first-order valence-electron chi connectivity index (χ1n) is 6.99. The molecule has 5 heteroatoms. The van der Waals surface area contributed by atoms with E-state index in [1.54, 1.807) is 0 Å². The second kappa shape index (κ2) is 7.32. The minimum Gasteiger partial charge on any atom is -0.466 e. The summed E-state index contributed by atoms with van der Waals surface area (Å²) in [6.45, 7) is 2.30. The van der Waals surface area contributed by atoms with Crippen molar-refractivity contribution in [2.24, 2.45) is 5.92 Å². The highest BCUT2D eigenvalue weighted by molar-refractivity contribution is 9.10. The fraction of sp³-hybridized carbons (Fsp3) is 0.533. The highest BCUT2D eigenvalue weighted by Gasteiger charge is 2.28. The van der Waals surface area contributed by atoms with Crippen LogP contribution in [-0.4, -0.2) is 18.6 Å². The molecule has 1 aliphatic carbocycles. The van der Waals surface area contributed by atoms with E-state index in [0.29, 0.717) is 11.6 Å². The first-order chi connectivity index (χ1) is 9.61. The molecule has 1 aromatic carbocycles. The Morgan fingerprint density at radius 2 is 2.30 bits per heavy atom. The Morgan fingerprint density at radius 3 is 3.05 bits per heavy atom. The molecule has 1 saturated carbocycles. The molecule has 2 rings (SSSR count). The van der Waals surface area contributed by atoms with Gasteiger partial charge in [-0.15, -0.1) is 0 Å². The molecule has 20 heavy (non-hydrogen) atoms. The summed E-state index contributed by atoms with van der Waals surface area (Å²) in [4.78, 5) is 11.8. The van der Waals surface area contributed by atoms with Crippen LogP contribution in [0.3, 0.4) is 0 Å². The maximum absolute atomic E-state index is 11.8. The minimum absolute atomic E-state index is 0.0131. The van der Waals surface area contributed by atoms with Crippen molar-refractivity contribution in [2.75, 3.05) is 11.9 Å². The van der Waals surface area contributed by atoms with Crippen LogP contribution in [0.2, 0.25) is 5.02 Å². The van der Waals surface area contributed by atoms with Crippen molar-refractivity contribution in [1.82, 2.24) is 0 Å². The molecule has 1 aliphatic rings. The van der Waals surface area contributed by atoms with Gasteiger partial charge in [0.05, 0.1) is 27.7 Å². The number of halogens is 2. The molecule has 3 nitrogen and oxygen atoms in total. The fourth-order valence-corrected chi connectivity index (χ4v) is 3.18. The van der Waals surface area contributed by atoms with Crippen molar-refractivity contribution in [3.05, 3.63) is 27.7 Å². The highest BCUT2D eigenvalue weighted by Crippen LogP contribution is 2.33. The molecule has 0 heterocycles. The topological polar surface area (TPSA) is 38.3 Å². The van der Waals surface area contributed by atoms with Crippen LogP contribution in [-0.2, 0) is 9.53 Å². The van der Waals surface area contributed by atoms with E-state index in [-0.39, 0.29) is 17.9 Å². The summed E-state index contributed by atoms with van der Waals surface area (Å²) in [5.41, 5.74) is 0.979. The smallest absolute Gasteiger partial charge is 0.308 e. The van der Waals surface area contributed by atoms with Gasteiger partial charge in [-0.2, -0.15) is 0 Å². The highest BCUT2D eigenvalue weighted by atomic mass is 79.9. The van der Waals surface area contributed by atoms with Gasteiger partial charge in [0.2, 0.25) is 0 Å².